The zero-order valence-corrected chi connectivity index (χ0v) is 14.0. The Morgan fingerprint density at radius 2 is 1.90 bits per heavy atom. The van der Waals surface area contributed by atoms with Crippen molar-refractivity contribution in [2.45, 2.75) is 71.3 Å². The second-order valence-corrected chi connectivity index (χ2v) is 5.77. The third-order valence-corrected chi connectivity index (χ3v) is 3.83. The van der Waals surface area contributed by atoms with Crippen LogP contribution in [0, 0.1) is 0 Å². The molecule has 0 aromatic carbocycles. The first-order valence-corrected chi connectivity index (χ1v) is 8.52. The molecule has 120 valence electrons. The first-order valence-electron chi connectivity index (χ1n) is 8.52. The molecule has 0 fully saturated rings. The Bertz CT molecular complexity index is 351. The number of aromatic nitrogens is 1. The molecule has 0 aliphatic carbocycles. The molecule has 1 atom stereocenters. The minimum atomic E-state index is 0.571. The van der Waals surface area contributed by atoms with Crippen LogP contribution in [0.15, 0.2) is 18.3 Å². The van der Waals surface area contributed by atoms with E-state index in [1.54, 1.807) is 7.11 Å². The van der Waals surface area contributed by atoms with Crippen molar-refractivity contribution in [3.63, 3.8) is 0 Å². The van der Waals surface area contributed by atoms with E-state index in [0.29, 0.717) is 11.9 Å². The maximum atomic E-state index is 5.11. The maximum absolute atomic E-state index is 5.11. The summed E-state index contributed by atoms with van der Waals surface area (Å²) in [7, 11) is 1.66. The smallest absolute Gasteiger partial charge is 0.212 e. The number of hydrogen-bond donors (Lipinski definition) is 1. The van der Waals surface area contributed by atoms with Gasteiger partial charge in [-0.2, -0.15) is 0 Å². The Kier molecular flexibility index (Phi) is 9.88. The van der Waals surface area contributed by atoms with Gasteiger partial charge in [0.05, 0.1) is 7.11 Å². The summed E-state index contributed by atoms with van der Waals surface area (Å²) in [6.07, 6.45) is 12.2. The Balaban J connectivity index is 2.40. The molecule has 0 amide bonds. The van der Waals surface area contributed by atoms with E-state index in [9.17, 15) is 0 Å². The van der Waals surface area contributed by atoms with Crippen molar-refractivity contribution in [1.82, 2.24) is 10.3 Å². The number of methoxy groups -OCH3 is 1. The van der Waals surface area contributed by atoms with Crippen LogP contribution in [-0.4, -0.2) is 24.7 Å². The average molecular weight is 292 g/mol. The fraction of sp³-hybridized carbons (Fsp3) is 0.722. The fourth-order valence-corrected chi connectivity index (χ4v) is 2.56. The molecular weight excluding hydrogens is 260 g/mol. The molecule has 3 nitrogen and oxygen atoms in total. The number of hydrogen-bond acceptors (Lipinski definition) is 3. The molecule has 0 saturated carbocycles. The van der Waals surface area contributed by atoms with Crippen molar-refractivity contribution < 1.29 is 4.74 Å². The quantitative estimate of drug-likeness (QED) is 0.581. The third kappa shape index (κ3) is 8.05. The van der Waals surface area contributed by atoms with E-state index in [1.165, 1.54) is 50.5 Å². The van der Waals surface area contributed by atoms with E-state index in [4.69, 9.17) is 4.74 Å². The molecule has 1 aromatic rings. The van der Waals surface area contributed by atoms with Crippen molar-refractivity contribution in [3.05, 3.63) is 23.9 Å². The van der Waals surface area contributed by atoms with Gasteiger partial charge in [-0.15, -0.1) is 0 Å². The third-order valence-electron chi connectivity index (χ3n) is 3.83. The molecule has 1 N–H and O–H groups in total. The Morgan fingerprint density at radius 3 is 2.52 bits per heavy atom. The monoisotopic (exact) mass is 292 g/mol. The topological polar surface area (TPSA) is 34.1 Å². The van der Waals surface area contributed by atoms with E-state index in [2.05, 4.69) is 30.2 Å². The van der Waals surface area contributed by atoms with E-state index in [1.807, 2.05) is 12.3 Å². The summed E-state index contributed by atoms with van der Waals surface area (Å²) in [5.41, 5.74) is 1.29. The summed E-state index contributed by atoms with van der Waals surface area (Å²) >= 11 is 0. The number of unbranched alkanes of at least 4 members (excludes halogenated alkanes) is 4. The molecule has 1 rings (SSSR count). The summed E-state index contributed by atoms with van der Waals surface area (Å²) in [4.78, 5) is 4.30. The Labute approximate surface area is 130 Å². The van der Waals surface area contributed by atoms with E-state index >= 15 is 0 Å². The van der Waals surface area contributed by atoms with Gasteiger partial charge in [0, 0.05) is 18.3 Å². The van der Waals surface area contributed by atoms with E-state index in [0.717, 1.165) is 13.0 Å². The average Bonchev–Trinajstić information content (AvgIpc) is 2.52. The van der Waals surface area contributed by atoms with Crippen LogP contribution in [0.2, 0.25) is 0 Å². The summed E-state index contributed by atoms with van der Waals surface area (Å²) in [5.74, 6) is 0.691. The lowest BCUT2D eigenvalue weighted by atomic mass is 10.0. The first kappa shape index (κ1) is 18.0. The van der Waals surface area contributed by atoms with Crippen LogP contribution in [-0.2, 0) is 6.42 Å². The Hall–Kier alpha value is -1.09. The molecule has 1 aromatic heterocycles. The predicted octanol–water partition coefficient (Wildman–Crippen LogP) is 4.36. The van der Waals surface area contributed by atoms with Gasteiger partial charge in [0.25, 0.3) is 0 Å². The molecule has 0 radical (unpaired) electrons. The van der Waals surface area contributed by atoms with Crippen molar-refractivity contribution in [2.24, 2.45) is 0 Å². The minimum Gasteiger partial charge on any atom is -0.481 e. The molecule has 0 aliphatic heterocycles. The highest BCUT2D eigenvalue weighted by Gasteiger charge is 2.09. The highest BCUT2D eigenvalue weighted by atomic mass is 16.5. The van der Waals surface area contributed by atoms with Gasteiger partial charge in [0.1, 0.15) is 0 Å². The standard InChI is InChI=1S/C18H32N2O/c1-4-6-7-8-9-10-17(19-13-5-2)14-16-11-12-18(21-3)20-15-16/h11-12,15,17,19H,4-10,13-14H2,1-3H3. The van der Waals surface area contributed by atoms with Gasteiger partial charge >= 0.3 is 0 Å². The lowest BCUT2D eigenvalue weighted by Crippen LogP contribution is -2.31. The molecule has 1 heterocycles. The number of pyridine rings is 1. The molecule has 21 heavy (non-hydrogen) atoms. The maximum Gasteiger partial charge on any atom is 0.212 e. The van der Waals surface area contributed by atoms with E-state index in [-0.39, 0.29) is 0 Å². The largest absolute Gasteiger partial charge is 0.481 e. The Morgan fingerprint density at radius 1 is 1.10 bits per heavy atom. The molecule has 3 heteroatoms. The molecule has 1 unspecified atom stereocenters. The molecule has 0 aliphatic rings. The highest BCUT2D eigenvalue weighted by molar-refractivity contribution is 5.18. The lowest BCUT2D eigenvalue weighted by Gasteiger charge is -2.18. The van der Waals surface area contributed by atoms with Crippen LogP contribution < -0.4 is 10.1 Å². The lowest BCUT2D eigenvalue weighted by molar-refractivity contribution is 0.397. The van der Waals surface area contributed by atoms with Crippen LogP contribution in [0.1, 0.15) is 64.4 Å². The minimum absolute atomic E-state index is 0.571. The summed E-state index contributed by atoms with van der Waals surface area (Å²) in [6, 6.07) is 4.65. The van der Waals surface area contributed by atoms with Crippen LogP contribution in [0.3, 0.4) is 0 Å². The SMILES string of the molecule is CCCCCCCC(Cc1ccc(OC)nc1)NCCC. The van der Waals surface area contributed by atoms with Gasteiger partial charge in [-0.1, -0.05) is 52.0 Å². The van der Waals surface area contributed by atoms with Gasteiger partial charge in [-0.05, 0) is 31.4 Å². The summed E-state index contributed by atoms with van der Waals surface area (Å²) < 4.78 is 5.11. The normalized spacial score (nSPS) is 12.3. The highest BCUT2D eigenvalue weighted by Crippen LogP contribution is 2.13. The second kappa shape index (κ2) is 11.6. The van der Waals surface area contributed by atoms with Crippen LogP contribution in [0.4, 0.5) is 0 Å². The predicted molar refractivity (Wildman–Crippen MR) is 90.0 cm³/mol. The fourth-order valence-electron chi connectivity index (χ4n) is 2.56. The number of ether oxygens (including phenoxy) is 1. The molecular formula is C18H32N2O. The van der Waals surface area contributed by atoms with Crippen LogP contribution in [0.5, 0.6) is 5.88 Å². The van der Waals surface area contributed by atoms with Gasteiger partial charge in [0.15, 0.2) is 0 Å². The van der Waals surface area contributed by atoms with Crippen molar-refractivity contribution in [1.29, 1.82) is 0 Å². The van der Waals surface area contributed by atoms with Crippen molar-refractivity contribution in [2.75, 3.05) is 13.7 Å². The van der Waals surface area contributed by atoms with Crippen molar-refractivity contribution in [3.8, 4) is 5.88 Å². The number of rotatable bonds is 12. The van der Waals surface area contributed by atoms with E-state index < -0.39 is 0 Å². The number of nitrogens with one attached hydrogen (secondary N) is 1. The molecule has 0 saturated heterocycles. The molecule has 0 bridgehead atoms. The van der Waals surface area contributed by atoms with Gasteiger partial charge in [0.2, 0.25) is 5.88 Å². The summed E-state index contributed by atoms with van der Waals surface area (Å²) in [6.45, 7) is 5.59. The van der Waals surface area contributed by atoms with Gasteiger partial charge in [-0.3, -0.25) is 0 Å². The first-order chi connectivity index (χ1) is 10.3. The van der Waals surface area contributed by atoms with Crippen LogP contribution >= 0.6 is 0 Å². The second-order valence-electron chi connectivity index (χ2n) is 5.77. The zero-order chi connectivity index (χ0) is 15.3. The van der Waals surface area contributed by atoms with Gasteiger partial charge in [-0.25, -0.2) is 4.98 Å². The van der Waals surface area contributed by atoms with Gasteiger partial charge < -0.3 is 10.1 Å². The number of nitrogens with zero attached hydrogens (tertiary/aromatic N) is 1. The van der Waals surface area contributed by atoms with Crippen LogP contribution in [0.25, 0.3) is 0 Å². The zero-order valence-electron chi connectivity index (χ0n) is 14.0. The van der Waals surface area contributed by atoms with Crippen molar-refractivity contribution >= 4 is 0 Å². The summed E-state index contributed by atoms with van der Waals surface area (Å²) in [5, 5.41) is 3.68. The molecule has 0 spiro atoms.